The van der Waals surface area contributed by atoms with Crippen molar-refractivity contribution >= 4 is 5.97 Å². The Hall–Kier alpha value is -1.53. The third-order valence-electron chi connectivity index (χ3n) is 4.30. The van der Waals surface area contributed by atoms with Crippen molar-refractivity contribution in [3.63, 3.8) is 0 Å². The van der Waals surface area contributed by atoms with E-state index in [9.17, 15) is 9.90 Å². The number of carboxylic acids is 1. The third-order valence-corrected chi connectivity index (χ3v) is 4.30. The zero-order chi connectivity index (χ0) is 15.7. The molecule has 1 aromatic rings. The molecule has 0 amide bonds. The van der Waals surface area contributed by atoms with Gasteiger partial charge in [0.25, 0.3) is 0 Å². The van der Waals surface area contributed by atoms with Crippen LogP contribution in [-0.2, 0) is 4.79 Å². The fourth-order valence-electron chi connectivity index (χ4n) is 2.94. The van der Waals surface area contributed by atoms with Crippen LogP contribution < -0.4 is 0 Å². The number of carbonyl (C=O) groups is 1. The van der Waals surface area contributed by atoms with Crippen molar-refractivity contribution in [1.29, 1.82) is 0 Å². The lowest BCUT2D eigenvalue weighted by Gasteiger charge is -2.37. The molecule has 1 saturated heterocycles. The van der Waals surface area contributed by atoms with Gasteiger partial charge < -0.3 is 10.0 Å². The largest absolute Gasteiger partial charge is 0.481 e. The van der Waals surface area contributed by atoms with Gasteiger partial charge in [0.15, 0.2) is 0 Å². The van der Waals surface area contributed by atoms with Crippen molar-refractivity contribution in [1.82, 2.24) is 19.8 Å². The highest BCUT2D eigenvalue weighted by atomic mass is 16.4. The van der Waals surface area contributed by atoms with E-state index in [2.05, 4.69) is 33.9 Å². The van der Waals surface area contributed by atoms with Gasteiger partial charge in [0.05, 0.1) is 12.0 Å². The average molecular weight is 292 g/mol. The molecule has 2 heterocycles. The van der Waals surface area contributed by atoms with Crippen molar-refractivity contribution in [3.8, 4) is 0 Å². The molecule has 1 aromatic heterocycles. The first kappa shape index (κ1) is 15.9. The Labute approximate surface area is 125 Å². The van der Waals surface area contributed by atoms with Gasteiger partial charge in [-0.2, -0.15) is 0 Å². The van der Waals surface area contributed by atoms with E-state index in [-0.39, 0.29) is 6.04 Å². The molecule has 2 unspecified atom stereocenters. The highest BCUT2D eigenvalue weighted by Crippen LogP contribution is 2.26. The number of hydrogen-bond donors (Lipinski definition) is 1. The van der Waals surface area contributed by atoms with Gasteiger partial charge in [0.1, 0.15) is 5.82 Å². The molecule has 1 N–H and O–H groups in total. The molecule has 0 aromatic carbocycles. The van der Waals surface area contributed by atoms with E-state index in [0.29, 0.717) is 0 Å². The Kier molecular flexibility index (Phi) is 4.58. The lowest BCUT2D eigenvalue weighted by Crippen LogP contribution is -2.45. The third kappa shape index (κ3) is 3.22. The zero-order valence-electron chi connectivity index (χ0n) is 13.4. The van der Waals surface area contributed by atoms with Gasteiger partial charge in [-0.05, 0) is 34.9 Å². The molecule has 116 valence electrons. The van der Waals surface area contributed by atoms with Gasteiger partial charge >= 0.3 is 5.97 Å². The monoisotopic (exact) mass is 292 g/mol. The standard InChI is InChI=1S/C15H24N4O2/c1-9(15(20)21)13-10(2)16-14(17-11(13)3)12-8-18(4)6-7-19(12)5/h9,12H,6-8H2,1-5H3,(H,20,21). The van der Waals surface area contributed by atoms with E-state index in [1.54, 1.807) is 6.92 Å². The van der Waals surface area contributed by atoms with Gasteiger partial charge in [0, 0.05) is 36.6 Å². The molecule has 0 aliphatic carbocycles. The molecule has 0 spiro atoms. The topological polar surface area (TPSA) is 69.6 Å². The summed E-state index contributed by atoms with van der Waals surface area (Å²) in [6, 6.07) is 0.162. The van der Waals surface area contributed by atoms with Crippen LogP contribution in [0.15, 0.2) is 0 Å². The first-order chi connectivity index (χ1) is 9.81. The number of piperazine rings is 1. The normalized spacial score (nSPS) is 22.2. The smallest absolute Gasteiger partial charge is 0.310 e. The van der Waals surface area contributed by atoms with Crippen LogP contribution >= 0.6 is 0 Å². The predicted molar refractivity (Wildman–Crippen MR) is 80.4 cm³/mol. The first-order valence-electron chi connectivity index (χ1n) is 7.28. The summed E-state index contributed by atoms with van der Waals surface area (Å²) in [5, 5.41) is 9.21. The van der Waals surface area contributed by atoms with E-state index in [4.69, 9.17) is 0 Å². The summed E-state index contributed by atoms with van der Waals surface area (Å²) >= 11 is 0. The van der Waals surface area contributed by atoms with Crippen LogP contribution in [0.1, 0.15) is 41.7 Å². The Morgan fingerprint density at radius 3 is 2.33 bits per heavy atom. The quantitative estimate of drug-likeness (QED) is 0.903. The van der Waals surface area contributed by atoms with Crippen molar-refractivity contribution < 1.29 is 9.90 Å². The molecular weight excluding hydrogens is 268 g/mol. The van der Waals surface area contributed by atoms with Crippen LogP contribution in [0.3, 0.4) is 0 Å². The molecule has 1 aliphatic heterocycles. The van der Waals surface area contributed by atoms with E-state index in [1.807, 2.05) is 13.8 Å². The van der Waals surface area contributed by atoms with Crippen LogP contribution in [-0.4, -0.2) is 64.6 Å². The second-order valence-corrected chi connectivity index (χ2v) is 5.98. The zero-order valence-corrected chi connectivity index (χ0v) is 13.4. The molecule has 0 radical (unpaired) electrons. The van der Waals surface area contributed by atoms with Crippen LogP contribution in [0.4, 0.5) is 0 Å². The summed E-state index contributed by atoms with van der Waals surface area (Å²) in [6.45, 7) is 8.35. The summed E-state index contributed by atoms with van der Waals surface area (Å²) in [6.07, 6.45) is 0. The van der Waals surface area contributed by atoms with Crippen LogP contribution in [0.2, 0.25) is 0 Å². The average Bonchev–Trinajstić information content (AvgIpc) is 2.40. The number of aliphatic carboxylic acids is 1. The predicted octanol–water partition coefficient (Wildman–Crippen LogP) is 1.20. The van der Waals surface area contributed by atoms with Crippen LogP contribution in [0.5, 0.6) is 0 Å². The molecule has 1 fully saturated rings. The number of rotatable bonds is 3. The Bertz CT molecular complexity index is 523. The van der Waals surface area contributed by atoms with E-state index in [0.717, 1.165) is 42.4 Å². The lowest BCUT2D eigenvalue weighted by atomic mass is 9.98. The van der Waals surface area contributed by atoms with Gasteiger partial charge in [0.2, 0.25) is 0 Å². The fraction of sp³-hybridized carbons (Fsp3) is 0.667. The van der Waals surface area contributed by atoms with Gasteiger partial charge in [-0.3, -0.25) is 9.69 Å². The first-order valence-corrected chi connectivity index (χ1v) is 7.28. The summed E-state index contributed by atoms with van der Waals surface area (Å²) < 4.78 is 0. The Morgan fingerprint density at radius 2 is 1.81 bits per heavy atom. The fourth-order valence-corrected chi connectivity index (χ4v) is 2.94. The molecule has 0 saturated carbocycles. The number of aromatic nitrogens is 2. The van der Waals surface area contributed by atoms with Gasteiger partial charge in [-0.1, -0.05) is 0 Å². The van der Waals surface area contributed by atoms with Crippen molar-refractivity contribution in [3.05, 3.63) is 22.8 Å². The second-order valence-electron chi connectivity index (χ2n) is 5.98. The maximum atomic E-state index is 11.2. The van der Waals surface area contributed by atoms with E-state index in [1.165, 1.54) is 0 Å². The Balaban J connectivity index is 2.37. The van der Waals surface area contributed by atoms with Gasteiger partial charge in [-0.15, -0.1) is 0 Å². The molecule has 2 rings (SSSR count). The molecule has 1 aliphatic rings. The van der Waals surface area contributed by atoms with Crippen molar-refractivity contribution in [2.24, 2.45) is 0 Å². The number of nitrogens with zero attached hydrogens (tertiary/aromatic N) is 4. The number of carboxylic acid groups (broad SMARTS) is 1. The summed E-state index contributed by atoms with van der Waals surface area (Å²) in [5.74, 6) is -0.627. The minimum atomic E-state index is -0.841. The maximum absolute atomic E-state index is 11.2. The molecule has 6 heteroatoms. The molecule has 2 atom stereocenters. The number of likely N-dealkylation sites (N-methyl/N-ethyl adjacent to an activating group) is 2. The highest BCUT2D eigenvalue weighted by Gasteiger charge is 2.28. The summed E-state index contributed by atoms with van der Waals surface area (Å²) in [7, 11) is 4.18. The number of aryl methyl sites for hydroxylation is 2. The highest BCUT2D eigenvalue weighted by molar-refractivity contribution is 5.76. The molecule has 6 nitrogen and oxygen atoms in total. The summed E-state index contributed by atoms with van der Waals surface area (Å²) in [5.41, 5.74) is 2.28. The van der Waals surface area contributed by atoms with Crippen molar-refractivity contribution in [2.75, 3.05) is 33.7 Å². The molecule has 21 heavy (non-hydrogen) atoms. The molecule has 0 bridgehead atoms. The lowest BCUT2D eigenvalue weighted by molar-refractivity contribution is -0.138. The van der Waals surface area contributed by atoms with Crippen LogP contribution in [0, 0.1) is 13.8 Å². The van der Waals surface area contributed by atoms with Crippen molar-refractivity contribution in [2.45, 2.75) is 32.7 Å². The van der Waals surface area contributed by atoms with Crippen LogP contribution in [0.25, 0.3) is 0 Å². The second kappa shape index (κ2) is 6.07. The SMILES string of the molecule is Cc1nc(C2CN(C)CCN2C)nc(C)c1C(C)C(=O)O. The van der Waals surface area contributed by atoms with Gasteiger partial charge in [-0.25, -0.2) is 9.97 Å². The molecular formula is C15H24N4O2. The number of hydrogen-bond acceptors (Lipinski definition) is 5. The minimum absolute atomic E-state index is 0.162. The maximum Gasteiger partial charge on any atom is 0.310 e. The minimum Gasteiger partial charge on any atom is -0.481 e. The van der Waals surface area contributed by atoms with E-state index >= 15 is 0 Å². The van der Waals surface area contributed by atoms with E-state index < -0.39 is 11.9 Å². The Morgan fingerprint density at radius 1 is 1.24 bits per heavy atom. The summed E-state index contributed by atoms with van der Waals surface area (Å²) in [4.78, 5) is 25.0.